The summed E-state index contributed by atoms with van der Waals surface area (Å²) in [5.74, 6) is 1.85. The third-order valence-corrected chi connectivity index (χ3v) is 4.82. The highest BCUT2D eigenvalue weighted by atomic mass is 32.2. The van der Waals surface area contributed by atoms with Crippen molar-refractivity contribution >= 4 is 15.8 Å². The number of aromatic nitrogens is 4. The van der Waals surface area contributed by atoms with E-state index in [4.69, 9.17) is 0 Å². The highest BCUT2D eigenvalue weighted by molar-refractivity contribution is 7.89. The quantitative estimate of drug-likeness (QED) is 0.619. The van der Waals surface area contributed by atoms with Crippen molar-refractivity contribution in [2.75, 3.05) is 18.4 Å². The molecule has 25 heavy (non-hydrogen) atoms. The molecule has 2 aromatic heterocycles. The first-order valence-corrected chi connectivity index (χ1v) is 9.17. The van der Waals surface area contributed by atoms with Gasteiger partial charge < -0.3 is 5.32 Å². The van der Waals surface area contributed by atoms with Crippen LogP contribution in [0.2, 0.25) is 0 Å². The number of anilines is 1. The van der Waals surface area contributed by atoms with Gasteiger partial charge in [0, 0.05) is 31.5 Å². The summed E-state index contributed by atoms with van der Waals surface area (Å²) in [6.45, 7) is 2.41. The Balaban J connectivity index is 1.59. The largest absolute Gasteiger partial charge is 0.369 e. The van der Waals surface area contributed by atoms with Crippen LogP contribution in [0.15, 0.2) is 59.8 Å². The Labute approximate surface area is 146 Å². The molecule has 0 aliphatic carbocycles. The lowest BCUT2D eigenvalue weighted by Gasteiger charge is -2.10. The molecular weight excluding hydrogens is 340 g/mol. The van der Waals surface area contributed by atoms with E-state index in [2.05, 4.69) is 25.1 Å². The molecular formula is C16H18N6O2S. The van der Waals surface area contributed by atoms with E-state index in [0.29, 0.717) is 24.0 Å². The van der Waals surface area contributed by atoms with Crippen LogP contribution >= 0.6 is 0 Å². The first kappa shape index (κ1) is 17.1. The van der Waals surface area contributed by atoms with Crippen LogP contribution in [0.5, 0.6) is 0 Å². The Kier molecular flexibility index (Phi) is 5.05. The van der Waals surface area contributed by atoms with Crippen LogP contribution in [0.1, 0.15) is 5.82 Å². The molecule has 130 valence electrons. The highest BCUT2D eigenvalue weighted by Gasteiger charge is 2.12. The Morgan fingerprint density at radius 1 is 1.08 bits per heavy atom. The molecule has 3 rings (SSSR count). The number of rotatable bonds is 7. The molecule has 3 aromatic rings. The molecule has 0 amide bonds. The van der Waals surface area contributed by atoms with Crippen molar-refractivity contribution < 1.29 is 8.42 Å². The number of nitrogens with zero attached hydrogens (tertiary/aromatic N) is 4. The Morgan fingerprint density at radius 3 is 2.60 bits per heavy atom. The Bertz CT molecular complexity index is 927. The van der Waals surface area contributed by atoms with Crippen LogP contribution in [-0.4, -0.2) is 41.3 Å². The number of aryl methyl sites for hydroxylation is 1. The zero-order valence-electron chi connectivity index (χ0n) is 13.6. The van der Waals surface area contributed by atoms with Gasteiger partial charge >= 0.3 is 0 Å². The molecule has 0 atom stereocenters. The fraction of sp³-hybridized carbons (Fsp3) is 0.188. The molecule has 0 aliphatic heterocycles. The normalized spacial score (nSPS) is 11.4. The third-order valence-electron chi connectivity index (χ3n) is 3.34. The average Bonchev–Trinajstić information content (AvgIpc) is 3.14. The fourth-order valence-electron chi connectivity index (χ4n) is 2.22. The summed E-state index contributed by atoms with van der Waals surface area (Å²) in [5.41, 5.74) is 0. The van der Waals surface area contributed by atoms with Crippen molar-refractivity contribution in [3.63, 3.8) is 0 Å². The van der Waals surface area contributed by atoms with E-state index in [1.165, 1.54) is 0 Å². The van der Waals surface area contributed by atoms with Crippen LogP contribution in [-0.2, 0) is 10.0 Å². The van der Waals surface area contributed by atoms with Crippen molar-refractivity contribution in [2.24, 2.45) is 0 Å². The topological polar surface area (TPSA) is 102 Å². The van der Waals surface area contributed by atoms with Crippen molar-refractivity contribution in [2.45, 2.75) is 11.8 Å². The lowest BCUT2D eigenvalue weighted by Crippen LogP contribution is -2.29. The van der Waals surface area contributed by atoms with Crippen LogP contribution in [0.3, 0.4) is 0 Å². The molecule has 0 fully saturated rings. The molecule has 0 aliphatic rings. The van der Waals surface area contributed by atoms with Crippen LogP contribution in [0.4, 0.5) is 5.82 Å². The molecule has 0 radical (unpaired) electrons. The molecule has 9 heteroatoms. The van der Waals surface area contributed by atoms with Crippen LogP contribution in [0, 0.1) is 6.92 Å². The van der Waals surface area contributed by atoms with E-state index in [9.17, 15) is 8.42 Å². The summed E-state index contributed by atoms with van der Waals surface area (Å²) in [7, 11) is -3.50. The molecule has 0 spiro atoms. The highest BCUT2D eigenvalue weighted by Crippen LogP contribution is 2.10. The van der Waals surface area contributed by atoms with E-state index in [1.54, 1.807) is 60.4 Å². The summed E-state index contributed by atoms with van der Waals surface area (Å²) in [5, 5.41) is 7.23. The zero-order chi connectivity index (χ0) is 17.7. The van der Waals surface area contributed by atoms with Crippen LogP contribution < -0.4 is 10.0 Å². The molecule has 0 unspecified atom stereocenters. The molecule has 8 nitrogen and oxygen atoms in total. The smallest absolute Gasteiger partial charge is 0.240 e. The average molecular weight is 358 g/mol. The number of nitrogens with one attached hydrogen (secondary N) is 2. The summed E-state index contributed by atoms with van der Waals surface area (Å²) >= 11 is 0. The molecule has 0 saturated heterocycles. The van der Waals surface area contributed by atoms with Gasteiger partial charge in [-0.15, -0.1) is 0 Å². The van der Waals surface area contributed by atoms with Gasteiger partial charge in [0.15, 0.2) is 5.82 Å². The van der Waals surface area contributed by atoms with Crippen molar-refractivity contribution in [1.82, 2.24) is 24.5 Å². The van der Waals surface area contributed by atoms with E-state index >= 15 is 0 Å². The maximum Gasteiger partial charge on any atom is 0.240 e. The standard InChI is InChI=1S/C16H18N6O2S/c1-13-20-15(12-16(21-13)22-11-5-8-18-22)17-9-10-19-25(23,24)14-6-3-2-4-7-14/h2-8,11-12,19H,9-10H2,1H3,(H,17,20,21). The van der Waals surface area contributed by atoms with Gasteiger partial charge in [0.25, 0.3) is 0 Å². The Hall–Kier alpha value is -2.78. The fourth-order valence-corrected chi connectivity index (χ4v) is 3.28. The summed E-state index contributed by atoms with van der Waals surface area (Å²) in [6.07, 6.45) is 3.46. The van der Waals surface area contributed by atoms with Crippen LogP contribution in [0.25, 0.3) is 5.82 Å². The third kappa shape index (κ3) is 4.40. The predicted molar refractivity (Wildman–Crippen MR) is 94.0 cm³/mol. The molecule has 1 aromatic carbocycles. The minimum Gasteiger partial charge on any atom is -0.369 e. The number of hydrogen-bond acceptors (Lipinski definition) is 6. The first-order chi connectivity index (χ1) is 12.0. The summed E-state index contributed by atoms with van der Waals surface area (Å²) in [4.78, 5) is 8.86. The van der Waals surface area contributed by atoms with Gasteiger partial charge in [-0.05, 0) is 25.1 Å². The second-order valence-corrected chi connectivity index (χ2v) is 7.01. The van der Waals surface area contributed by atoms with E-state index in [0.717, 1.165) is 0 Å². The summed E-state index contributed by atoms with van der Waals surface area (Å²) < 4.78 is 28.5. The van der Waals surface area contributed by atoms with Crippen molar-refractivity contribution in [3.8, 4) is 5.82 Å². The first-order valence-electron chi connectivity index (χ1n) is 7.69. The molecule has 0 saturated carbocycles. The number of hydrogen-bond donors (Lipinski definition) is 2. The van der Waals surface area contributed by atoms with E-state index < -0.39 is 10.0 Å². The number of benzene rings is 1. The molecule has 0 bridgehead atoms. The second-order valence-electron chi connectivity index (χ2n) is 5.25. The van der Waals surface area contributed by atoms with Crippen molar-refractivity contribution in [1.29, 1.82) is 0 Å². The lowest BCUT2D eigenvalue weighted by atomic mass is 10.4. The van der Waals surface area contributed by atoms with Gasteiger partial charge in [0.2, 0.25) is 10.0 Å². The van der Waals surface area contributed by atoms with Gasteiger partial charge in [0.05, 0.1) is 4.90 Å². The van der Waals surface area contributed by atoms with Gasteiger partial charge in [-0.2, -0.15) is 5.10 Å². The minimum atomic E-state index is -3.50. The van der Waals surface area contributed by atoms with Gasteiger partial charge in [-0.3, -0.25) is 0 Å². The second kappa shape index (κ2) is 7.41. The van der Waals surface area contributed by atoms with E-state index in [-0.39, 0.29) is 11.4 Å². The summed E-state index contributed by atoms with van der Waals surface area (Å²) in [6, 6.07) is 11.8. The molecule has 2 heterocycles. The predicted octanol–water partition coefficient (Wildman–Crippen LogP) is 1.36. The lowest BCUT2D eigenvalue weighted by molar-refractivity contribution is 0.583. The van der Waals surface area contributed by atoms with Gasteiger partial charge in [-0.25, -0.2) is 27.8 Å². The van der Waals surface area contributed by atoms with Crippen molar-refractivity contribution in [3.05, 3.63) is 60.7 Å². The zero-order valence-corrected chi connectivity index (χ0v) is 14.4. The maximum atomic E-state index is 12.1. The van der Waals surface area contributed by atoms with Gasteiger partial charge in [-0.1, -0.05) is 18.2 Å². The van der Waals surface area contributed by atoms with E-state index in [1.807, 2.05) is 6.07 Å². The van der Waals surface area contributed by atoms with Gasteiger partial charge in [0.1, 0.15) is 11.6 Å². The SMILES string of the molecule is Cc1nc(NCCNS(=O)(=O)c2ccccc2)cc(-n2cccn2)n1. The number of sulfonamides is 1. The monoisotopic (exact) mass is 358 g/mol. The maximum absolute atomic E-state index is 12.1. The Morgan fingerprint density at radius 2 is 1.88 bits per heavy atom. The molecule has 2 N–H and O–H groups in total. The minimum absolute atomic E-state index is 0.234.